The van der Waals surface area contributed by atoms with Crippen molar-refractivity contribution in [3.8, 4) is 0 Å². The van der Waals surface area contributed by atoms with E-state index in [4.69, 9.17) is 0 Å². The molecule has 1 fully saturated rings. The highest BCUT2D eigenvalue weighted by molar-refractivity contribution is 5.36. The van der Waals surface area contributed by atoms with Crippen LogP contribution in [0.1, 0.15) is 69.1 Å². The van der Waals surface area contributed by atoms with Gasteiger partial charge in [-0.25, -0.2) is 0 Å². The molecule has 1 heteroatoms. The van der Waals surface area contributed by atoms with Crippen LogP contribution in [-0.4, -0.2) is 12.6 Å². The van der Waals surface area contributed by atoms with Gasteiger partial charge in [0.1, 0.15) is 0 Å². The second kappa shape index (κ2) is 7.45. The van der Waals surface area contributed by atoms with Gasteiger partial charge in [0.05, 0.1) is 0 Å². The van der Waals surface area contributed by atoms with E-state index in [1.165, 1.54) is 43.4 Å². The molecule has 1 saturated carbocycles. The van der Waals surface area contributed by atoms with E-state index in [-0.39, 0.29) is 0 Å². The molecule has 0 radical (unpaired) electrons. The van der Waals surface area contributed by atoms with E-state index in [0.29, 0.717) is 6.04 Å². The zero-order valence-electron chi connectivity index (χ0n) is 14.6. The SMILES string of the molecule is CCC1CCC(CNC(C)C)C(c2cccc(C)c2C)C1. The fourth-order valence-corrected chi connectivity index (χ4v) is 3.88. The first-order valence-corrected chi connectivity index (χ1v) is 8.82. The molecule has 1 aromatic carbocycles. The van der Waals surface area contributed by atoms with Gasteiger partial charge in [0.25, 0.3) is 0 Å². The van der Waals surface area contributed by atoms with Crippen LogP contribution in [0, 0.1) is 25.7 Å². The maximum absolute atomic E-state index is 3.68. The number of rotatable bonds is 5. The van der Waals surface area contributed by atoms with Crippen molar-refractivity contribution >= 4 is 0 Å². The molecule has 1 nitrogen and oxygen atoms in total. The van der Waals surface area contributed by atoms with Crippen molar-refractivity contribution < 1.29 is 0 Å². The fraction of sp³-hybridized carbons (Fsp3) is 0.700. The van der Waals surface area contributed by atoms with Gasteiger partial charge in [0, 0.05) is 6.04 Å². The highest BCUT2D eigenvalue weighted by Crippen LogP contribution is 2.42. The zero-order valence-corrected chi connectivity index (χ0v) is 14.6. The topological polar surface area (TPSA) is 12.0 Å². The van der Waals surface area contributed by atoms with Crippen molar-refractivity contribution in [2.45, 2.75) is 72.3 Å². The fourth-order valence-electron chi connectivity index (χ4n) is 3.88. The van der Waals surface area contributed by atoms with Crippen molar-refractivity contribution in [2.75, 3.05) is 6.54 Å². The van der Waals surface area contributed by atoms with Gasteiger partial charge in [-0.1, -0.05) is 51.8 Å². The summed E-state index contributed by atoms with van der Waals surface area (Å²) in [6.07, 6.45) is 5.52. The van der Waals surface area contributed by atoms with Gasteiger partial charge in [0.2, 0.25) is 0 Å². The zero-order chi connectivity index (χ0) is 15.4. The Morgan fingerprint density at radius 1 is 1.19 bits per heavy atom. The Morgan fingerprint density at radius 2 is 1.95 bits per heavy atom. The second-order valence-electron chi connectivity index (χ2n) is 7.31. The van der Waals surface area contributed by atoms with Crippen molar-refractivity contribution in [2.24, 2.45) is 11.8 Å². The maximum atomic E-state index is 3.68. The Labute approximate surface area is 131 Å². The molecule has 0 amide bonds. The molecule has 3 atom stereocenters. The van der Waals surface area contributed by atoms with Crippen molar-refractivity contribution in [3.63, 3.8) is 0 Å². The van der Waals surface area contributed by atoms with E-state index in [1.54, 1.807) is 5.56 Å². The Morgan fingerprint density at radius 3 is 2.62 bits per heavy atom. The lowest BCUT2D eigenvalue weighted by Gasteiger charge is -2.38. The Balaban J connectivity index is 2.21. The van der Waals surface area contributed by atoms with Crippen LogP contribution in [0.2, 0.25) is 0 Å². The van der Waals surface area contributed by atoms with Gasteiger partial charge < -0.3 is 5.32 Å². The molecule has 118 valence electrons. The van der Waals surface area contributed by atoms with Crippen molar-refractivity contribution in [1.29, 1.82) is 0 Å². The Kier molecular flexibility index (Phi) is 5.87. The number of nitrogens with one attached hydrogen (secondary N) is 1. The smallest absolute Gasteiger partial charge is 0.00104 e. The summed E-state index contributed by atoms with van der Waals surface area (Å²) in [5.41, 5.74) is 4.58. The van der Waals surface area contributed by atoms with Crippen molar-refractivity contribution in [3.05, 3.63) is 34.9 Å². The molecule has 1 N–H and O–H groups in total. The minimum absolute atomic E-state index is 0.591. The molecule has 2 rings (SSSR count). The maximum Gasteiger partial charge on any atom is 0.00104 e. The normalized spacial score (nSPS) is 26.3. The minimum Gasteiger partial charge on any atom is -0.314 e. The largest absolute Gasteiger partial charge is 0.314 e. The Hall–Kier alpha value is -0.820. The number of hydrogen-bond donors (Lipinski definition) is 1. The van der Waals surface area contributed by atoms with Crippen LogP contribution in [0.5, 0.6) is 0 Å². The monoisotopic (exact) mass is 287 g/mol. The van der Waals surface area contributed by atoms with Crippen LogP contribution in [0.25, 0.3) is 0 Å². The standard InChI is InChI=1S/C20H33N/c1-6-17-10-11-18(13-21-14(2)3)20(12-17)19-9-7-8-15(4)16(19)5/h7-9,14,17-18,20-21H,6,10-13H2,1-5H3. The molecule has 0 saturated heterocycles. The molecule has 0 aliphatic heterocycles. The first-order chi connectivity index (χ1) is 10.0. The molecule has 1 aliphatic rings. The molecule has 0 aromatic heterocycles. The number of benzene rings is 1. The molecule has 0 spiro atoms. The molecule has 1 aliphatic carbocycles. The van der Waals surface area contributed by atoms with Gasteiger partial charge in [-0.2, -0.15) is 0 Å². The minimum atomic E-state index is 0.591. The number of hydrogen-bond acceptors (Lipinski definition) is 1. The molecule has 0 heterocycles. The lowest BCUT2D eigenvalue weighted by molar-refractivity contribution is 0.222. The summed E-state index contributed by atoms with van der Waals surface area (Å²) in [5.74, 6) is 2.47. The summed E-state index contributed by atoms with van der Waals surface area (Å²) in [7, 11) is 0. The van der Waals surface area contributed by atoms with Gasteiger partial charge in [-0.15, -0.1) is 0 Å². The van der Waals surface area contributed by atoms with Crippen LogP contribution >= 0.6 is 0 Å². The van der Waals surface area contributed by atoms with Gasteiger partial charge in [0.15, 0.2) is 0 Å². The van der Waals surface area contributed by atoms with E-state index in [1.807, 2.05) is 0 Å². The Bertz CT molecular complexity index is 449. The van der Waals surface area contributed by atoms with Gasteiger partial charge >= 0.3 is 0 Å². The predicted molar refractivity (Wildman–Crippen MR) is 92.9 cm³/mol. The van der Waals surface area contributed by atoms with Crippen LogP contribution in [0.15, 0.2) is 18.2 Å². The van der Waals surface area contributed by atoms with Crippen LogP contribution in [-0.2, 0) is 0 Å². The second-order valence-corrected chi connectivity index (χ2v) is 7.31. The summed E-state index contributed by atoms with van der Waals surface area (Å²) in [4.78, 5) is 0. The van der Waals surface area contributed by atoms with Crippen LogP contribution < -0.4 is 5.32 Å². The molecule has 1 aromatic rings. The quantitative estimate of drug-likeness (QED) is 0.783. The summed E-state index contributed by atoms with van der Waals surface area (Å²) < 4.78 is 0. The van der Waals surface area contributed by atoms with E-state index in [0.717, 1.165) is 17.8 Å². The van der Waals surface area contributed by atoms with Crippen LogP contribution in [0.4, 0.5) is 0 Å². The van der Waals surface area contributed by atoms with Gasteiger partial charge in [-0.05, 0) is 67.7 Å². The van der Waals surface area contributed by atoms with Crippen LogP contribution in [0.3, 0.4) is 0 Å². The average Bonchev–Trinajstić information content (AvgIpc) is 2.48. The molecule has 21 heavy (non-hydrogen) atoms. The summed E-state index contributed by atoms with van der Waals surface area (Å²) in [6.45, 7) is 12.6. The third-order valence-electron chi connectivity index (χ3n) is 5.51. The molecule has 3 unspecified atom stereocenters. The number of aryl methyl sites for hydroxylation is 1. The molecular formula is C20H33N. The predicted octanol–water partition coefficient (Wildman–Crippen LogP) is 5.21. The molecular weight excluding hydrogens is 254 g/mol. The highest BCUT2D eigenvalue weighted by Gasteiger charge is 2.31. The first-order valence-electron chi connectivity index (χ1n) is 8.82. The van der Waals surface area contributed by atoms with Crippen molar-refractivity contribution in [1.82, 2.24) is 5.32 Å². The van der Waals surface area contributed by atoms with E-state index in [9.17, 15) is 0 Å². The third-order valence-corrected chi connectivity index (χ3v) is 5.51. The van der Waals surface area contributed by atoms with Gasteiger partial charge in [-0.3, -0.25) is 0 Å². The summed E-state index contributed by atoms with van der Waals surface area (Å²) in [5, 5.41) is 3.68. The molecule has 0 bridgehead atoms. The summed E-state index contributed by atoms with van der Waals surface area (Å²) in [6, 6.07) is 7.47. The first kappa shape index (κ1) is 16.5. The highest BCUT2D eigenvalue weighted by atomic mass is 14.9. The lowest BCUT2D eigenvalue weighted by atomic mass is 9.69. The lowest BCUT2D eigenvalue weighted by Crippen LogP contribution is -2.35. The summed E-state index contributed by atoms with van der Waals surface area (Å²) >= 11 is 0. The van der Waals surface area contributed by atoms with E-state index >= 15 is 0 Å². The average molecular weight is 287 g/mol. The van der Waals surface area contributed by atoms with E-state index in [2.05, 4.69) is 58.1 Å². The van der Waals surface area contributed by atoms with E-state index < -0.39 is 0 Å². The third kappa shape index (κ3) is 4.10.